The van der Waals surface area contributed by atoms with E-state index in [1.165, 1.54) is 22.3 Å². The topological polar surface area (TPSA) is 84.4 Å². The molecule has 2 aromatic carbocycles. The summed E-state index contributed by atoms with van der Waals surface area (Å²) in [5, 5.41) is 2.90. The van der Waals surface area contributed by atoms with Gasteiger partial charge in [-0.25, -0.2) is 4.79 Å². The van der Waals surface area contributed by atoms with Crippen LogP contribution < -0.4 is 5.32 Å². The molecule has 0 saturated carbocycles. The van der Waals surface area contributed by atoms with Gasteiger partial charge in [-0.1, -0.05) is 48.0 Å². The van der Waals surface area contributed by atoms with Crippen LogP contribution in [-0.2, 0) is 35.4 Å². The van der Waals surface area contributed by atoms with E-state index in [-0.39, 0.29) is 12.5 Å². The lowest BCUT2D eigenvalue weighted by molar-refractivity contribution is -0.130. The zero-order valence-electron chi connectivity index (χ0n) is 22.9. The van der Waals surface area contributed by atoms with E-state index in [1.54, 1.807) is 12.4 Å². The maximum atomic E-state index is 13.0. The van der Waals surface area contributed by atoms with Crippen LogP contribution in [0.1, 0.15) is 46.4 Å². The van der Waals surface area contributed by atoms with Crippen LogP contribution in [0.4, 0.5) is 10.5 Å². The lowest BCUT2D eigenvalue weighted by Crippen LogP contribution is -2.37. The Morgan fingerprint density at radius 2 is 1.59 bits per heavy atom. The average Bonchev–Trinajstić information content (AvgIpc) is 3.18. The van der Waals surface area contributed by atoms with Crippen molar-refractivity contribution in [2.75, 3.05) is 18.4 Å². The summed E-state index contributed by atoms with van der Waals surface area (Å²) in [5.74, 6) is 0.148. The monoisotopic (exact) mass is 544 g/mol. The SMILES string of the molecule is O=C(Nc1ccc2c(c1)CCc1cccnc1C2=C1CCN(C(=O)Cc2ccncc2)CC1)OCc1ccccc1. The van der Waals surface area contributed by atoms with Crippen LogP contribution in [0.15, 0.2) is 97.0 Å². The molecule has 7 heteroatoms. The standard InChI is InChI=1S/C34H32N4O3/c39-31(21-24-12-17-35-18-13-24)38-19-14-26(15-20-38)32-30-11-10-29(37-34(40)41-23-25-5-2-1-3-6-25)22-28(30)9-8-27-7-4-16-36-33(27)32/h1-7,10-13,16-18,22H,8-9,14-15,19-21,23H2,(H,37,40). The molecular weight excluding hydrogens is 512 g/mol. The van der Waals surface area contributed by atoms with Gasteiger partial charge in [0.25, 0.3) is 0 Å². The predicted octanol–water partition coefficient (Wildman–Crippen LogP) is 5.99. The van der Waals surface area contributed by atoms with Crippen LogP contribution in [-0.4, -0.2) is 40.0 Å². The number of nitrogens with zero attached hydrogens (tertiary/aromatic N) is 3. The first kappa shape index (κ1) is 26.4. The number of hydrogen-bond donors (Lipinski definition) is 1. The summed E-state index contributed by atoms with van der Waals surface area (Å²) in [6.45, 7) is 1.59. The zero-order valence-corrected chi connectivity index (χ0v) is 22.9. The molecule has 1 N–H and O–H groups in total. The molecule has 1 fully saturated rings. The Balaban J connectivity index is 1.21. The van der Waals surface area contributed by atoms with E-state index in [9.17, 15) is 9.59 Å². The van der Waals surface area contributed by atoms with E-state index >= 15 is 0 Å². The number of hydrogen-bond acceptors (Lipinski definition) is 5. The van der Waals surface area contributed by atoms with Crippen molar-refractivity contribution in [1.29, 1.82) is 0 Å². The lowest BCUT2D eigenvalue weighted by Gasteiger charge is -2.30. The second kappa shape index (κ2) is 12.2. The van der Waals surface area contributed by atoms with Crippen LogP contribution >= 0.6 is 0 Å². The van der Waals surface area contributed by atoms with E-state index in [0.717, 1.165) is 48.1 Å². The van der Waals surface area contributed by atoms with Crippen LogP contribution in [0.2, 0.25) is 0 Å². The first-order chi connectivity index (χ1) is 20.1. The van der Waals surface area contributed by atoms with Gasteiger partial charge < -0.3 is 9.64 Å². The molecule has 0 spiro atoms. The van der Waals surface area contributed by atoms with Gasteiger partial charge in [-0.15, -0.1) is 0 Å². The van der Waals surface area contributed by atoms with Crippen molar-refractivity contribution in [3.63, 3.8) is 0 Å². The number of aromatic nitrogens is 2. The van der Waals surface area contributed by atoms with Crippen molar-refractivity contribution in [2.24, 2.45) is 0 Å². The van der Waals surface area contributed by atoms with Gasteiger partial charge in [0.2, 0.25) is 5.91 Å². The molecule has 0 unspecified atom stereocenters. The van der Waals surface area contributed by atoms with Crippen molar-refractivity contribution in [1.82, 2.24) is 14.9 Å². The first-order valence-electron chi connectivity index (χ1n) is 14.1. The summed E-state index contributed by atoms with van der Waals surface area (Å²) in [6.07, 6.45) is 8.54. The number of anilines is 1. The Morgan fingerprint density at radius 3 is 2.39 bits per heavy atom. The molecular formula is C34H32N4O3. The van der Waals surface area contributed by atoms with Crippen LogP contribution in [0.5, 0.6) is 0 Å². The quantitative estimate of drug-likeness (QED) is 0.334. The molecule has 2 aromatic heterocycles. The number of aryl methyl sites for hydroxylation is 2. The van der Waals surface area contributed by atoms with Crippen LogP contribution in [0.25, 0.3) is 5.57 Å². The number of benzene rings is 2. The van der Waals surface area contributed by atoms with Crippen molar-refractivity contribution >= 4 is 23.3 Å². The fourth-order valence-electron chi connectivity index (χ4n) is 5.68. The van der Waals surface area contributed by atoms with Crippen molar-refractivity contribution in [3.8, 4) is 0 Å². The van der Waals surface area contributed by atoms with E-state index in [2.05, 4.69) is 28.5 Å². The summed E-state index contributed by atoms with van der Waals surface area (Å²) < 4.78 is 5.43. The van der Waals surface area contributed by atoms with Gasteiger partial charge in [0.15, 0.2) is 0 Å². The van der Waals surface area contributed by atoms with Gasteiger partial charge in [-0.3, -0.25) is 20.1 Å². The number of fused-ring (bicyclic) bond motifs is 2. The summed E-state index contributed by atoms with van der Waals surface area (Å²) in [7, 11) is 0. The number of likely N-dealkylation sites (tertiary alicyclic amines) is 1. The highest BCUT2D eigenvalue weighted by Gasteiger charge is 2.26. The van der Waals surface area contributed by atoms with Gasteiger partial charge in [0, 0.05) is 42.9 Å². The Hall–Kier alpha value is -4.78. The van der Waals surface area contributed by atoms with Crippen molar-refractivity contribution in [2.45, 2.75) is 38.7 Å². The Bertz CT molecular complexity index is 1570. The van der Waals surface area contributed by atoms with Gasteiger partial charge in [0.05, 0.1) is 12.1 Å². The molecule has 0 radical (unpaired) electrons. The summed E-state index contributed by atoms with van der Waals surface area (Å²) in [4.78, 5) is 36.4. The third-order valence-electron chi connectivity index (χ3n) is 7.80. The minimum atomic E-state index is -0.477. The number of nitrogens with one attached hydrogen (secondary N) is 1. The Labute approximate surface area is 239 Å². The largest absolute Gasteiger partial charge is 0.444 e. The lowest BCUT2D eigenvalue weighted by atomic mass is 9.88. The van der Waals surface area contributed by atoms with Gasteiger partial charge in [-0.2, -0.15) is 0 Å². The van der Waals surface area contributed by atoms with E-state index in [0.29, 0.717) is 25.2 Å². The third-order valence-corrected chi connectivity index (χ3v) is 7.80. The zero-order chi connectivity index (χ0) is 28.0. The molecule has 2 aliphatic rings. The number of carbonyl (C=O) groups excluding carboxylic acids is 2. The van der Waals surface area contributed by atoms with E-state index in [4.69, 9.17) is 9.72 Å². The molecule has 41 heavy (non-hydrogen) atoms. The maximum Gasteiger partial charge on any atom is 0.411 e. The summed E-state index contributed by atoms with van der Waals surface area (Å²) >= 11 is 0. The normalized spacial score (nSPS) is 14.5. The molecule has 2 amide bonds. The maximum absolute atomic E-state index is 13.0. The average molecular weight is 545 g/mol. The predicted molar refractivity (Wildman–Crippen MR) is 158 cm³/mol. The molecule has 4 aromatic rings. The minimum Gasteiger partial charge on any atom is -0.444 e. The molecule has 1 saturated heterocycles. The molecule has 7 nitrogen and oxygen atoms in total. The third kappa shape index (κ3) is 6.19. The number of rotatable bonds is 5. The number of amides is 2. The van der Waals surface area contributed by atoms with E-state index in [1.807, 2.05) is 65.7 Å². The van der Waals surface area contributed by atoms with Crippen LogP contribution in [0, 0.1) is 0 Å². The van der Waals surface area contributed by atoms with E-state index < -0.39 is 6.09 Å². The van der Waals surface area contributed by atoms with Crippen molar-refractivity contribution < 1.29 is 14.3 Å². The number of carbonyl (C=O) groups is 2. The fraction of sp³-hybridized carbons (Fsp3) is 0.235. The highest BCUT2D eigenvalue weighted by molar-refractivity contribution is 5.88. The molecule has 206 valence electrons. The summed E-state index contributed by atoms with van der Waals surface area (Å²) in [5.41, 5.74) is 9.70. The molecule has 1 aliphatic carbocycles. The molecule has 0 bridgehead atoms. The van der Waals surface area contributed by atoms with Crippen molar-refractivity contribution in [3.05, 3.63) is 130 Å². The van der Waals surface area contributed by atoms with Gasteiger partial charge >= 0.3 is 6.09 Å². The highest BCUT2D eigenvalue weighted by atomic mass is 16.5. The van der Waals surface area contributed by atoms with Gasteiger partial charge in [0.1, 0.15) is 6.61 Å². The number of pyridine rings is 2. The first-order valence-corrected chi connectivity index (χ1v) is 14.1. The molecule has 1 aliphatic heterocycles. The second-order valence-electron chi connectivity index (χ2n) is 10.5. The smallest absolute Gasteiger partial charge is 0.411 e. The fourth-order valence-corrected chi connectivity index (χ4v) is 5.68. The second-order valence-corrected chi connectivity index (χ2v) is 10.5. The Morgan fingerprint density at radius 1 is 0.805 bits per heavy atom. The molecule has 0 atom stereocenters. The number of piperidine rings is 1. The van der Waals surface area contributed by atoms with Gasteiger partial charge in [-0.05, 0) is 83.8 Å². The Kier molecular flexibility index (Phi) is 7.85. The molecule has 6 rings (SSSR count). The molecule has 3 heterocycles. The highest BCUT2D eigenvalue weighted by Crippen LogP contribution is 2.38. The number of ether oxygens (including phenoxy) is 1. The van der Waals surface area contributed by atoms with Crippen LogP contribution in [0.3, 0.4) is 0 Å². The minimum absolute atomic E-state index is 0.148. The summed E-state index contributed by atoms with van der Waals surface area (Å²) in [6, 6.07) is 23.7.